The van der Waals surface area contributed by atoms with Gasteiger partial charge in [0.1, 0.15) is 11.3 Å². The molecule has 1 aromatic carbocycles. The number of hydrogen-bond acceptors (Lipinski definition) is 2. The smallest absolute Gasteiger partial charge is 0.164 e. The largest absolute Gasteiger partial charge is 0.280 e. The Morgan fingerprint density at radius 1 is 1.17 bits per heavy atom. The third-order valence-electron chi connectivity index (χ3n) is 2.95. The molecule has 0 spiro atoms. The molecule has 0 atom stereocenters. The van der Waals surface area contributed by atoms with Crippen molar-refractivity contribution in [2.24, 2.45) is 0 Å². The first-order valence-electron chi connectivity index (χ1n) is 5.75. The summed E-state index contributed by atoms with van der Waals surface area (Å²) in [6.45, 7) is 2.03. The summed E-state index contributed by atoms with van der Waals surface area (Å²) in [5, 5.41) is 0. The minimum Gasteiger partial charge on any atom is -0.280 e. The van der Waals surface area contributed by atoms with Crippen LogP contribution < -0.4 is 0 Å². The van der Waals surface area contributed by atoms with Gasteiger partial charge in [-0.2, -0.15) is 0 Å². The maximum atomic E-state index is 5.99. The Morgan fingerprint density at radius 3 is 2.67 bits per heavy atom. The quantitative estimate of drug-likeness (QED) is 0.658. The van der Waals surface area contributed by atoms with Crippen LogP contribution in [0.3, 0.4) is 0 Å². The molecule has 0 bridgehead atoms. The second kappa shape index (κ2) is 4.42. The Kier molecular flexibility index (Phi) is 2.76. The highest BCUT2D eigenvalue weighted by atomic mass is 35.5. The van der Waals surface area contributed by atoms with Gasteiger partial charge in [0, 0.05) is 11.9 Å². The molecule has 3 aromatic rings. The van der Waals surface area contributed by atoms with Crippen molar-refractivity contribution in [3.8, 4) is 5.69 Å². The van der Waals surface area contributed by atoms with Gasteiger partial charge in [0.05, 0.1) is 5.88 Å². The van der Waals surface area contributed by atoms with E-state index in [-0.39, 0.29) is 0 Å². The fourth-order valence-corrected chi connectivity index (χ4v) is 2.26. The Morgan fingerprint density at radius 2 is 1.94 bits per heavy atom. The van der Waals surface area contributed by atoms with Crippen molar-refractivity contribution in [1.29, 1.82) is 0 Å². The summed E-state index contributed by atoms with van der Waals surface area (Å²) in [5.74, 6) is 1.18. The van der Waals surface area contributed by atoms with Gasteiger partial charge in [-0.3, -0.25) is 4.57 Å². The van der Waals surface area contributed by atoms with E-state index in [1.807, 2.05) is 47.9 Å². The maximum Gasteiger partial charge on any atom is 0.164 e. The zero-order chi connectivity index (χ0) is 12.5. The van der Waals surface area contributed by atoms with E-state index in [4.69, 9.17) is 11.6 Å². The Balaban J connectivity index is 2.37. The summed E-state index contributed by atoms with van der Waals surface area (Å²) in [7, 11) is 0. The van der Waals surface area contributed by atoms with Crippen molar-refractivity contribution in [1.82, 2.24) is 14.5 Å². The van der Waals surface area contributed by atoms with Crippen LogP contribution in [0.25, 0.3) is 16.9 Å². The lowest BCUT2D eigenvalue weighted by Crippen LogP contribution is -1.99. The van der Waals surface area contributed by atoms with Gasteiger partial charge >= 0.3 is 0 Å². The zero-order valence-corrected chi connectivity index (χ0v) is 10.7. The Bertz CT molecular complexity index is 689. The number of aromatic nitrogens is 3. The standard InChI is InChI=1S/C14H12ClN3/c1-10-7-8-16-14-13(10)17-12(9-15)18(14)11-5-3-2-4-6-11/h2-8H,9H2,1H3. The second-order valence-corrected chi connectivity index (χ2v) is 4.40. The SMILES string of the molecule is Cc1ccnc2c1nc(CCl)n2-c1ccccc1. The van der Waals surface area contributed by atoms with Crippen molar-refractivity contribution in [2.75, 3.05) is 0 Å². The highest BCUT2D eigenvalue weighted by Crippen LogP contribution is 2.22. The first-order valence-corrected chi connectivity index (χ1v) is 6.29. The van der Waals surface area contributed by atoms with E-state index < -0.39 is 0 Å². The zero-order valence-electron chi connectivity index (χ0n) is 9.97. The molecule has 0 fully saturated rings. The molecule has 2 heterocycles. The van der Waals surface area contributed by atoms with E-state index in [9.17, 15) is 0 Å². The summed E-state index contributed by atoms with van der Waals surface area (Å²) in [5.41, 5.74) is 3.92. The number of pyridine rings is 1. The highest BCUT2D eigenvalue weighted by molar-refractivity contribution is 6.17. The predicted octanol–water partition coefficient (Wildman–Crippen LogP) is 3.47. The first-order chi connectivity index (χ1) is 8.81. The third kappa shape index (κ3) is 1.68. The number of benzene rings is 1. The van der Waals surface area contributed by atoms with Gasteiger partial charge in [-0.05, 0) is 30.7 Å². The highest BCUT2D eigenvalue weighted by Gasteiger charge is 2.13. The van der Waals surface area contributed by atoms with E-state index in [2.05, 4.69) is 9.97 Å². The van der Waals surface area contributed by atoms with Gasteiger partial charge in [-0.1, -0.05) is 18.2 Å². The summed E-state index contributed by atoms with van der Waals surface area (Å²) in [6, 6.07) is 12.0. The van der Waals surface area contributed by atoms with Crippen molar-refractivity contribution in [3.63, 3.8) is 0 Å². The van der Waals surface area contributed by atoms with Crippen LogP contribution in [0, 0.1) is 6.92 Å². The minimum atomic E-state index is 0.366. The summed E-state index contributed by atoms with van der Waals surface area (Å²) >= 11 is 5.99. The van der Waals surface area contributed by atoms with Crippen LogP contribution in [0.15, 0.2) is 42.6 Å². The molecule has 0 radical (unpaired) electrons. The van der Waals surface area contributed by atoms with Crippen molar-refractivity contribution in [2.45, 2.75) is 12.8 Å². The average molecular weight is 258 g/mol. The summed E-state index contributed by atoms with van der Waals surface area (Å²) in [6.07, 6.45) is 1.80. The Labute approximate surface area is 110 Å². The number of imidazole rings is 1. The second-order valence-electron chi connectivity index (χ2n) is 4.13. The van der Waals surface area contributed by atoms with E-state index in [1.165, 1.54) is 0 Å². The summed E-state index contributed by atoms with van der Waals surface area (Å²) < 4.78 is 2.01. The van der Waals surface area contributed by atoms with Gasteiger partial charge in [-0.25, -0.2) is 9.97 Å². The molecule has 0 amide bonds. The monoisotopic (exact) mass is 257 g/mol. The number of para-hydroxylation sites is 1. The van der Waals surface area contributed by atoms with Gasteiger partial charge < -0.3 is 0 Å². The van der Waals surface area contributed by atoms with Crippen LogP contribution in [0.4, 0.5) is 0 Å². The molecule has 18 heavy (non-hydrogen) atoms. The molecule has 0 aliphatic carbocycles. The molecule has 0 saturated heterocycles. The van der Waals surface area contributed by atoms with Crippen LogP contribution in [0.2, 0.25) is 0 Å². The first kappa shape index (κ1) is 11.2. The average Bonchev–Trinajstić information content (AvgIpc) is 2.80. The van der Waals surface area contributed by atoms with Gasteiger partial charge in [0.2, 0.25) is 0 Å². The van der Waals surface area contributed by atoms with Crippen molar-refractivity contribution < 1.29 is 0 Å². The number of aryl methyl sites for hydroxylation is 1. The summed E-state index contributed by atoms with van der Waals surface area (Å²) in [4.78, 5) is 9.00. The fraction of sp³-hybridized carbons (Fsp3) is 0.143. The number of nitrogens with zero attached hydrogens (tertiary/aromatic N) is 3. The molecular weight excluding hydrogens is 246 g/mol. The molecular formula is C14H12ClN3. The molecule has 0 unspecified atom stereocenters. The van der Waals surface area contributed by atoms with Gasteiger partial charge in [0.25, 0.3) is 0 Å². The Hall–Kier alpha value is -1.87. The lowest BCUT2D eigenvalue weighted by Gasteiger charge is -2.06. The van der Waals surface area contributed by atoms with Crippen LogP contribution in [0.1, 0.15) is 11.4 Å². The van der Waals surface area contributed by atoms with E-state index in [0.717, 1.165) is 28.2 Å². The normalized spacial score (nSPS) is 11.0. The van der Waals surface area contributed by atoms with Crippen LogP contribution >= 0.6 is 11.6 Å². The third-order valence-corrected chi connectivity index (χ3v) is 3.19. The molecule has 0 saturated carbocycles. The lowest BCUT2D eigenvalue weighted by atomic mass is 10.2. The number of hydrogen-bond donors (Lipinski definition) is 0. The van der Waals surface area contributed by atoms with E-state index in [0.29, 0.717) is 5.88 Å². The number of alkyl halides is 1. The van der Waals surface area contributed by atoms with Gasteiger partial charge in [0.15, 0.2) is 5.65 Å². The predicted molar refractivity (Wildman–Crippen MR) is 73.2 cm³/mol. The molecule has 0 aliphatic rings. The van der Waals surface area contributed by atoms with Crippen LogP contribution in [-0.2, 0) is 5.88 Å². The molecule has 4 heteroatoms. The minimum absolute atomic E-state index is 0.366. The van der Waals surface area contributed by atoms with E-state index >= 15 is 0 Å². The van der Waals surface area contributed by atoms with Crippen LogP contribution in [-0.4, -0.2) is 14.5 Å². The number of halogens is 1. The molecule has 3 nitrogen and oxygen atoms in total. The molecule has 2 aromatic heterocycles. The number of rotatable bonds is 2. The van der Waals surface area contributed by atoms with Gasteiger partial charge in [-0.15, -0.1) is 11.6 Å². The van der Waals surface area contributed by atoms with Crippen molar-refractivity contribution >= 4 is 22.8 Å². The molecule has 0 aliphatic heterocycles. The lowest BCUT2D eigenvalue weighted by molar-refractivity contribution is 0.970. The number of fused-ring (bicyclic) bond motifs is 1. The van der Waals surface area contributed by atoms with Crippen LogP contribution in [0.5, 0.6) is 0 Å². The van der Waals surface area contributed by atoms with E-state index in [1.54, 1.807) is 6.20 Å². The molecule has 0 N–H and O–H groups in total. The van der Waals surface area contributed by atoms with Crippen molar-refractivity contribution in [3.05, 3.63) is 54.0 Å². The molecule has 3 rings (SSSR count). The molecule has 90 valence electrons. The topological polar surface area (TPSA) is 30.7 Å². The maximum absolute atomic E-state index is 5.99. The fourth-order valence-electron chi connectivity index (χ4n) is 2.08.